The molecule has 2 amide bonds. The van der Waals surface area contributed by atoms with E-state index in [9.17, 15) is 9.59 Å². The summed E-state index contributed by atoms with van der Waals surface area (Å²) in [6.45, 7) is 7.52. The Balaban J connectivity index is 1.32. The monoisotopic (exact) mass is 445 g/mol. The number of ether oxygens (including phenoxy) is 1. The zero-order chi connectivity index (χ0) is 22.5. The Hall–Kier alpha value is -1.93. The second kappa shape index (κ2) is 10.8. The van der Waals surface area contributed by atoms with E-state index in [0.717, 1.165) is 76.9 Å². The van der Waals surface area contributed by atoms with Gasteiger partial charge >= 0.3 is 0 Å². The third-order valence-corrected chi connectivity index (χ3v) is 7.20. The topological polar surface area (TPSA) is 70.9 Å². The largest absolute Gasteiger partial charge is 0.381 e. The standard InChI is InChI=1S/C24H39N5O3/c1-19-16-25-28(17-19)11-7-23(30)26(2)12-13-29(21-8-14-32-15-9-21)22-4-3-10-27(18-22)24(31)20-5-6-20/h16-17,20-22H,3-15,18H2,1-2H3. The van der Waals surface area contributed by atoms with E-state index < -0.39 is 0 Å². The third kappa shape index (κ3) is 6.10. The Morgan fingerprint density at radius 3 is 2.59 bits per heavy atom. The van der Waals surface area contributed by atoms with Crippen LogP contribution in [0, 0.1) is 12.8 Å². The van der Waals surface area contributed by atoms with E-state index in [4.69, 9.17) is 4.74 Å². The number of rotatable bonds is 9. The second-order valence-electron chi connectivity index (χ2n) is 9.78. The van der Waals surface area contributed by atoms with Gasteiger partial charge in [0.2, 0.25) is 11.8 Å². The van der Waals surface area contributed by atoms with Crippen molar-refractivity contribution >= 4 is 11.8 Å². The van der Waals surface area contributed by atoms with E-state index in [-0.39, 0.29) is 11.8 Å². The maximum atomic E-state index is 12.7. The molecule has 0 bridgehead atoms. The Morgan fingerprint density at radius 2 is 1.91 bits per heavy atom. The highest BCUT2D eigenvalue weighted by atomic mass is 16.5. The first kappa shape index (κ1) is 23.2. The van der Waals surface area contributed by atoms with E-state index in [1.54, 1.807) is 0 Å². The molecule has 3 heterocycles. The summed E-state index contributed by atoms with van der Waals surface area (Å²) in [7, 11) is 1.91. The molecule has 2 saturated heterocycles. The van der Waals surface area contributed by atoms with Gasteiger partial charge in [0.15, 0.2) is 0 Å². The first-order valence-electron chi connectivity index (χ1n) is 12.4. The number of aryl methyl sites for hydroxylation is 2. The van der Waals surface area contributed by atoms with E-state index in [1.807, 2.05) is 35.9 Å². The fraction of sp³-hybridized carbons (Fsp3) is 0.792. The number of likely N-dealkylation sites (N-methyl/N-ethyl adjacent to an activating group) is 1. The lowest BCUT2D eigenvalue weighted by Gasteiger charge is -2.44. The Labute approximate surface area is 191 Å². The minimum atomic E-state index is 0.152. The summed E-state index contributed by atoms with van der Waals surface area (Å²) in [5.41, 5.74) is 1.11. The van der Waals surface area contributed by atoms with E-state index in [2.05, 4.69) is 14.9 Å². The van der Waals surface area contributed by atoms with Gasteiger partial charge in [0, 0.05) is 83.6 Å². The molecule has 178 valence electrons. The van der Waals surface area contributed by atoms with Crippen molar-refractivity contribution in [2.24, 2.45) is 5.92 Å². The molecule has 0 N–H and O–H groups in total. The summed E-state index contributed by atoms with van der Waals surface area (Å²) in [6, 6.07) is 0.852. The average Bonchev–Trinajstić information content (AvgIpc) is 3.59. The fourth-order valence-electron chi connectivity index (χ4n) is 5.07. The first-order valence-corrected chi connectivity index (χ1v) is 12.4. The zero-order valence-electron chi connectivity index (χ0n) is 19.7. The number of piperidine rings is 1. The van der Waals surface area contributed by atoms with Crippen LogP contribution in [0.15, 0.2) is 12.4 Å². The number of hydrogen-bond donors (Lipinski definition) is 0. The lowest BCUT2D eigenvalue weighted by molar-refractivity contribution is -0.135. The van der Waals surface area contributed by atoms with E-state index >= 15 is 0 Å². The second-order valence-corrected chi connectivity index (χ2v) is 9.78. The third-order valence-electron chi connectivity index (χ3n) is 7.20. The first-order chi connectivity index (χ1) is 15.5. The highest BCUT2D eigenvalue weighted by molar-refractivity contribution is 5.81. The smallest absolute Gasteiger partial charge is 0.225 e. The zero-order valence-corrected chi connectivity index (χ0v) is 19.7. The number of hydrogen-bond acceptors (Lipinski definition) is 5. The van der Waals surface area contributed by atoms with Crippen molar-refractivity contribution in [1.29, 1.82) is 0 Å². The van der Waals surface area contributed by atoms with Crippen molar-refractivity contribution in [1.82, 2.24) is 24.5 Å². The molecular weight excluding hydrogens is 406 g/mol. The normalized spacial score (nSPS) is 22.3. The molecule has 0 aromatic carbocycles. The van der Waals surface area contributed by atoms with Crippen LogP contribution in [0.25, 0.3) is 0 Å². The maximum Gasteiger partial charge on any atom is 0.225 e. The predicted octanol–water partition coefficient (Wildman–Crippen LogP) is 1.92. The Kier molecular flexibility index (Phi) is 7.84. The molecular formula is C24H39N5O3. The number of amides is 2. The summed E-state index contributed by atoms with van der Waals surface area (Å²) >= 11 is 0. The molecule has 3 aliphatic rings. The maximum absolute atomic E-state index is 12.7. The molecule has 0 spiro atoms. The number of nitrogens with zero attached hydrogens (tertiary/aromatic N) is 5. The summed E-state index contributed by atoms with van der Waals surface area (Å²) in [5, 5.41) is 4.28. The summed E-state index contributed by atoms with van der Waals surface area (Å²) in [6.07, 6.45) is 10.6. The van der Waals surface area contributed by atoms with Crippen LogP contribution in [-0.4, -0.2) is 94.8 Å². The number of carbonyl (C=O) groups is 2. The summed E-state index contributed by atoms with van der Waals surface area (Å²) < 4.78 is 7.45. The number of likely N-dealkylation sites (tertiary alicyclic amines) is 1. The van der Waals surface area contributed by atoms with Crippen LogP contribution in [0.2, 0.25) is 0 Å². The highest BCUT2D eigenvalue weighted by Gasteiger charge is 2.37. The van der Waals surface area contributed by atoms with E-state index in [1.165, 1.54) is 0 Å². The van der Waals surface area contributed by atoms with Gasteiger partial charge in [0.1, 0.15) is 0 Å². The van der Waals surface area contributed by atoms with Gasteiger partial charge in [-0.15, -0.1) is 0 Å². The average molecular weight is 446 g/mol. The van der Waals surface area contributed by atoms with Crippen LogP contribution in [0.4, 0.5) is 0 Å². The molecule has 32 heavy (non-hydrogen) atoms. The van der Waals surface area contributed by atoms with Crippen LogP contribution in [-0.2, 0) is 20.9 Å². The number of carbonyl (C=O) groups excluding carboxylic acids is 2. The Morgan fingerprint density at radius 1 is 1.12 bits per heavy atom. The van der Waals surface area contributed by atoms with Gasteiger partial charge < -0.3 is 14.5 Å². The van der Waals surface area contributed by atoms with E-state index in [0.29, 0.717) is 37.5 Å². The van der Waals surface area contributed by atoms with Gasteiger partial charge in [-0.05, 0) is 51.0 Å². The van der Waals surface area contributed by atoms with Gasteiger partial charge in [-0.25, -0.2) is 0 Å². The van der Waals surface area contributed by atoms with Crippen LogP contribution < -0.4 is 0 Å². The van der Waals surface area contributed by atoms with Gasteiger partial charge in [0.25, 0.3) is 0 Å². The SMILES string of the molecule is Cc1cnn(CCC(=O)N(C)CCN(C2CCOCC2)C2CCCN(C(=O)C3CC3)C2)c1. The predicted molar refractivity (Wildman–Crippen MR) is 122 cm³/mol. The Bertz CT molecular complexity index is 771. The van der Waals surface area contributed by atoms with Crippen molar-refractivity contribution in [2.75, 3.05) is 46.4 Å². The molecule has 1 aromatic heterocycles. The summed E-state index contributed by atoms with van der Waals surface area (Å²) in [4.78, 5) is 31.9. The van der Waals surface area contributed by atoms with Crippen molar-refractivity contribution in [3.05, 3.63) is 18.0 Å². The molecule has 8 heteroatoms. The molecule has 1 saturated carbocycles. The molecule has 1 atom stereocenters. The molecule has 1 unspecified atom stereocenters. The van der Waals surface area contributed by atoms with Gasteiger partial charge in [-0.2, -0.15) is 5.10 Å². The highest BCUT2D eigenvalue weighted by Crippen LogP contribution is 2.33. The van der Waals surface area contributed by atoms with Crippen molar-refractivity contribution in [3.8, 4) is 0 Å². The van der Waals surface area contributed by atoms with Crippen molar-refractivity contribution in [3.63, 3.8) is 0 Å². The minimum Gasteiger partial charge on any atom is -0.381 e. The van der Waals surface area contributed by atoms with Crippen LogP contribution in [0.5, 0.6) is 0 Å². The molecule has 8 nitrogen and oxygen atoms in total. The lowest BCUT2D eigenvalue weighted by atomic mass is 9.98. The van der Waals surface area contributed by atoms with Gasteiger partial charge in [-0.3, -0.25) is 19.2 Å². The molecule has 1 aliphatic carbocycles. The van der Waals surface area contributed by atoms with Crippen molar-refractivity contribution in [2.45, 2.75) is 70.5 Å². The van der Waals surface area contributed by atoms with Crippen LogP contribution >= 0.6 is 0 Å². The quantitative estimate of drug-likeness (QED) is 0.581. The fourth-order valence-corrected chi connectivity index (χ4v) is 5.07. The number of aromatic nitrogens is 2. The molecule has 2 aliphatic heterocycles. The molecule has 0 radical (unpaired) electrons. The van der Waals surface area contributed by atoms with Crippen LogP contribution in [0.3, 0.4) is 0 Å². The van der Waals surface area contributed by atoms with Crippen molar-refractivity contribution < 1.29 is 14.3 Å². The molecule has 4 rings (SSSR count). The lowest BCUT2D eigenvalue weighted by Crippen LogP contribution is -2.55. The minimum absolute atomic E-state index is 0.152. The summed E-state index contributed by atoms with van der Waals surface area (Å²) in [5.74, 6) is 0.801. The van der Waals surface area contributed by atoms with Crippen LogP contribution in [0.1, 0.15) is 50.5 Å². The molecule has 3 fully saturated rings. The van der Waals surface area contributed by atoms with Gasteiger partial charge in [0.05, 0.1) is 6.20 Å². The van der Waals surface area contributed by atoms with Gasteiger partial charge in [-0.1, -0.05) is 0 Å². The molecule has 1 aromatic rings.